The lowest BCUT2D eigenvalue weighted by atomic mass is 10.2. The Labute approximate surface area is 144 Å². The molecule has 0 fully saturated rings. The number of amides is 1. The summed E-state index contributed by atoms with van der Waals surface area (Å²) in [4.78, 5) is 16.4. The number of nitrogens with one attached hydrogen (secondary N) is 1. The topological polar surface area (TPSA) is 77.6 Å². The van der Waals surface area contributed by atoms with Crippen LogP contribution in [0.1, 0.15) is 24.2 Å². The second-order valence-electron chi connectivity index (χ2n) is 5.49. The zero-order valence-electron chi connectivity index (χ0n) is 13.6. The van der Waals surface area contributed by atoms with Crippen molar-refractivity contribution in [2.45, 2.75) is 26.8 Å². The van der Waals surface area contributed by atoms with Crippen LogP contribution in [-0.2, 0) is 4.79 Å². The van der Waals surface area contributed by atoms with Crippen LogP contribution < -0.4 is 5.32 Å². The van der Waals surface area contributed by atoms with Gasteiger partial charge >= 0.3 is 0 Å². The predicted molar refractivity (Wildman–Crippen MR) is 91.4 cm³/mol. The Balaban J connectivity index is 1.93. The zero-order chi connectivity index (χ0) is 17.3. The van der Waals surface area contributed by atoms with Crippen molar-refractivity contribution >= 4 is 23.3 Å². The minimum Gasteiger partial charge on any atom is -0.308 e. The molecule has 0 aliphatic heterocycles. The number of halogens is 1. The van der Waals surface area contributed by atoms with Gasteiger partial charge in [0.15, 0.2) is 0 Å². The Morgan fingerprint density at radius 3 is 2.58 bits per heavy atom. The second-order valence-corrected chi connectivity index (χ2v) is 5.92. The van der Waals surface area contributed by atoms with Gasteiger partial charge in [-0.3, -0.25) is 4.79 Å². The molecule has 3 aromatic rings. The van der Waals surface area contributed by atoms with Crippen LogP contribution in [-0.4, -0.2) is 30.5 Å². The SMILES string of the molecule is Cc1nn(-c2ccc(Cl)cc2)c(NC(=O)[C@H](C)n2cncn2)c1C. The Bertz CT molecular complexity index is 854. The van der Waals surface area contributed by atoms with E-state index in [2.05, 4.69) is 20.5 Å². The molecule has 0 saturated carbocycles. The quantitative estimate of drug-likeness (QED) is 0.789. The maximum absolute atomic E-state index is 12.5. The van der Waals surface area contributed by atoms with Crippen LogP contribution in [0.15, 0.2) is 36.9 Å². The lowest BCUT2D eigenvalue weighted by Gasteiger charge is -2.14. The van der Waals surface area contributed by atoms with E-state index in [0.29, 0.717) is 10.8 Å². The fourth-order valence-corrected chi connectivity index (χ4v) is 2.41. The number of benzene rings is 1. The van der Waals surface area contributed by atoms with Crippen LogP contribution in [0, 0.1) is 13.8 Å². The van der Waals surface area contributed by atoms with Crippen LogP contribution in [0.5, 0.6) is 0 Å². The van der Waals surface area contributed by atoms with Gasteiger partial charge in [-0.15, -0.1) is 0 Å². The molecule has 0 bridgehead atoms. The van der Waals surface area contributed by atoms with E-state index in [-0.39, 0.29) is 5.91 Å². The van der Waals surface area contributed by atoms with Crippen molar-refractivity contribution in [1.29, 1.82) is 0 Å². The van der Waals surface area contributed by atoms with Crippen molar-refractivity contribution in [3.8, 4) is 5.69 Å². The van der Waals surface area contributed by atoms with Crippen LogP contribution >= 0.6 is 11.6 Å². The number of aryl methyl sites for hydroxylation is 1. The lowest BCUT2D eigenvalue weighted by Crippen LogP contribution is -2.25. The lowest BCUT2D eigenvalue weighted by molar-refractivity contribution is -0.119. The van der Waals surface area contributed by atoms with Crippen LogP contribution in [0.25, 0.3) is 5.69 Å². The highest BCUT2D eigenvalue weighted by Gasteiger charge is 2.20. The molecule has 0 unspecified atom stereocenters. The van der Waals surface area contributed by atoms with Gasteiger partial charge in [-0.05, 0) is 45.0 Å². The molecule has 8 heteroatoms. The number of hydrogen-bond acceptors (Lipinski definition) is 4. The average Bonchev–Trinajstić information content (AvgIpc) is 3.19. The molecule has 0 spiro atoms. The summed E-state index contributed by atoms with van der Waals surface area (Å²) in [5.74, 6) is 0.436. The summed E-state index contributed by atoms with van der Waals surface area (Å²) in [6, 6.07) is 6.79. The molecule has 24 heavy (non-hydrogen) atoms. The first kappa shape index (κ1) is 16.2. The molecule has 2 heterocycles. The highest BCUT2D eigenvalue weighted by molar-refractivity contribution is 6.30. The first-order chi connectivity index (χ1) is 11.5. The number of anilines is 1. The Hall–Kier alpha value is -2.67. The number of carbonyl (C=O) groups is 1. The van der Waals surface area contributed by atoms with Gasteiger partial charge in [-0.1, -0.05) is 11.6 Å². The molecule has 0 saturated heterocycles. The zero-order valence-corrected chi connectivity index (χ0v) is 14.3. The van der Waals surface area contributed by atoms with Gasteiger partial charge in [0.1, 0.15) is 24.5 Å². The summed E-state index contributed by atoms with van der Waals surface area (Å²) in [6.45, 7) is 5.58. The molecule has 1 aromatic carbocycles. The monoisotopic (exact) mass is 344 g/mol. The number of hydrogen-bond donors (Lipinski definition) is 1. The normalized spacial score (nSPS) is 12.2. The minimum absolute atomic E-state index is 0.196. The van der Waals surface area contributed by atoms with E-state index in [9.17, 15) is 4.79 Å². The molecular weight excluding hydrogens is 328 g/mol. The first-order valence-corrected chi connectivity index (χ1v) is 7.82. The Morgan fingerprint density at radius 2 is 1.96 bits per heavy atom. The van der Waals surface area contributed by atoms with Gasteiger partial charge in [0.05, 0.1) is 11.4 Å². The smallest absolute Gasteiger partial charge is 0.250 e. The largest absolute Gasteiger partial charge is 0.308 e. The summed E-state index contributed by atoms with van der Waals surface area (Å²) >= 11 is 5.94. The number of nitrogens with zero attached hydrogens (tertiary/aromatic N) is 5. The maximum Gasteiger partial charge on any atom is 0.250 e. The van der Waals surface area contributed by atoms with Crippen molar-refractivity contribution in [2.24, 2.45) is 0 Å². The number of carbonyl (C=O) groups excluding carboxylic acids is 1. The van der Waals surface area contributed by atoms with E-state index in [1.807, 2.05) is 26.0 Å². The number of aromatic nitrogens is 5. The van der Waals surface area contributed by atoms with E-state index < -0.39 is 6.04 Å². The van der Waals surface area contributed by atoms with Crippen molar-refractivity contribution in [3.05, 3.63) is 53.2 Å². The summed E-state index contributed by atoms with van der Waals surface area (Å²) < 4.78 is 3.20. The third-order valence-corrected chi connectivity index (χ3v) is 4.14. The van der Waals surface area contributed by atoms with Crippen LogP contribution in [0.2, 0.25) is 5.02 Å². The van der Waals surface area contributed by atoms with Crippen LogP contribution in [0.4, 0.5) is 5.82 Å². The van der Waals surface area contributed by atoms with E-state index in [1.165, 1.54) is 17.3 Å². The van der Waals surface area contributed by atoms with E-state index >= 15 is 0 Å². The Morgan fingerprint density at radius 1 is 1.25 bits per heavy atom. The maximum atomic E-state index is 12.5. The second kappa shape index (κ2) is 6.45. The van der Waals surface area contributed by atoms with Gasteiger partial charge in [0.25, 0.3) is 0 Å². The predicted octanol–water partition coefficient (Wildman–Crippen LogP) is 2.93. The van der Waals surface area contributed by atoms with Gasteiger partial charge in [0.2, 0.25) is 5.91 Å². The minimum atomic E-state index is -0.485. The fourth-order valence-electron chi connectivity index (χ4n) is 2.28. The van der Waals surface area contributed by atoms with Crippen molar-refractivity contribution < 1.29 is 4.79 Å². The third kappa shape index (κ3) is 3.03. The van der Waals surface area contributed by atoms with Crippen LogP contribution in [0.3, 0.4) is 0 Å². The molecule has 0 aliphatic rings. The number of rotatable bonds is 4. The molecule has 0 aliphatic carbocycles. The molecule has 1 amide bonds. The first-order valence-electron chi connectivity index (χ1n) is 7.44. The molecule has 0 radical (unpaired) electrons. The summed E-state index contributed by atoms with van der Waals surface area (Å²) in [7, 11) is 0. The Kier molecular flexibility index (Phi) is 4.35. The summed E-state index contributed by atoms with van der Waals surface area (Å²) in [5.41, 5.74) is 2.57. The highest BCUT2D eigenvalue weighted by atomic mass is 35.5. The molecule has 7 nitrogen and oxygen atoms in total. The molecule has 1 N–H and O–H groups in total. The fraction of sp³-hybridized carbons (Fsp3) is 0.250. The molecule has 2 aromatic heterocycles. The van der Waals surface area contributed by atoms with E-state index in [0.717, 1.165) is 16.9 Å². The molecular formula is C16H17ClN6O. The van der Waals surface area contributed by atoms with E-state index in [4.69, 9.17) is 11.6 Å². The van der Waals surface area contributed by atoms with Crippen molar-refractivity contribution in [3.63, 3.8) is 0 Å². The van der Waals surface area contributed by atoms with Gasteiger partial charge in [-0.2, -0.15) is 10.2 Å². The average molecular weight is 345 g/mol. The third-order valence-electron chi connectivity index (χ3n) is 3.89. The van der Waals surface area contributed by atoms with Gasteiger partial charge < -0.3 is 5.32 Å². The van der Waals surface area contributed by atoms with Gasteiger partial charge in [-0.25, -0.2) is 14.3 Å². The van der Waals surface area contributed by atoms with Crippen molar-refractivity contribution in [1.82, 2.24) is 24.5 Å². The molecule has 1 atom stereocenters. The van der Waals surface area contributed by atoms with E-state index in [1.54, 1.807) is 23.7 Å². The standard InChI is InChI=1S/C16H17ClN6O/c1-10-11(2)21-23(14-6-4-13(17)5-7-14)15(10)20-16(24)12(3)22-9-18-8-19-22/h4-9,12H,1-3H3,(H,20,24)/t12-/m0/s1. The summed E-state index contributed by atoms with van der Waals surface area (Å²) in [6.07, 6.45) is 2.91. The highest BCUT2D eigenvalue weighted by Crippen LogP contribution is 2.24. The summed E-state index contributed by atoms with van der Waals surface area (Å²) in [5, 5.41) is 12.1. The molecule has 124 valence electrons. The van der Waals surface area contributed by atoms with Gasteiger partial charge in [0, 0.05) is 10.6 Å². The molecule has 3 rings (SSSR count). The van der Waals surface area contributed by atoms with Crippen molar-refractivity contribution in [2.75, 3.05) is 5.32 Å².